The maximum Gasteiger partial charge on any atom is 0.259 e. The molecule has 0 saturated carbocycles. The number of benzene rings is 2. The van der Waals surface area contributed by atoms with Gasteiger partial charge >= 0.3 is 0 Å². The summed E-state index contributed by atoms with van der Waals surface area (Å²) in [7, 11) is 0. The van der Waals surface area contributed by atoms with Crippen LogP contribution in [0.3, 0.4) is 0 Å². The summed E-state index contributed by atoms with van der Waals surface area (Å²) in [5.74, 6) is -0.0835. The monoisotopic (exact) mass is 350 g/mol. The molecule has 3 rings (SSSR count). The molecule has 2 aromatic carbocycles. The fourth-order valence-corrected chi connectivity index (χ4v) is 3.00. The lowest BCUT2D eigenvalue weighted by atomic mass is 10.1. The summed E-state index contributed by atoms with van der Waals surface area (Å²) in [5, 5.41) is 0.460. The number of nitrogen functional groups attached to an aromatic ring is 1. The van der Waals surface area contributed by atoms with E-state index in [9.17, 15) is 4.79 Å². The molecule has 0 unspecified atom stereocenters. The van der Waals surface area contributed by atoms with Crippen LogP contribution in [0.1, 0.15) is 15.9 Å². The van der Waals surface area contributed by atoms with Gasteiger partial charge < -0.3 is 10.6 Å². The van der Waals surface area contributed by atoms with Crippen LogP contribution in [-0.2, 0) is 6.42 Å². The normalized spacial score (nSPS) is 13.4. The van der Waals surface area contributed by atoms with Crippen LogP contribution in [0.5, 0.6) is 0 Å². The third kappa shape index (κ3) is 2.30. The largest absolute Gasteiger partial charge is 0.399 e. The predicted molar refractivity (Wildman–Crippen MR) is 85.4 cm³/mol. The van der Waals surface area contributed by atoms with E-state index in [0.717, 1.165) is 27.8 Å². The Morgan fingerprint density at radius 3 is 2.85 bits per heavy atom. The second-order valence-corrected chi connectivity index (χ2v) is 6.04. The molecule has 1 heterocycles. The van der Waals surface area contributed by atoms with E-state index in [1.54, 1.807) is 17.0 Å². The van der Waals surface area contributed by atoms with Gasteiger partial charge in [0.15, 0.2) is 0 Å². The van der Waals surface area contributed by atoms with Crippen molar-refractivity contribution in [2.45, 2.75) is 6.42 Å². The molecular weight excluding hydrogens is 340 g/mol. The van der Waals surface area contributed by atoms with Crippen molar-refractivity contribution in [1.29, 1.82) is 0 Å². The van der Waals surface area contributed by atoms with E-state index in [1.165, 1.54) is 0 Å². The van der Waals surface area contributed by atoms with Crippen LogP contribution in [0.15, 0.2) is 40.9 Å². The van der Waals surface area contributed by atoms with Crippen molar-refractivity contribution < 1.29 is 4.79 Å². The number of hydrogen-bond acceptors (Lipinski definition) is 2. The molecule has 0 aromatic heterocycles. The van der Waals surface area contributed by atoms with Crippen LogP contribution in [0.4, 0.5) is 11.4 Å². The molecule has 3 nitrogen and oxygen atoms in total. The number of carbonyl (C=O) groups excluding carboxylic acids is 1. The number of fused-ring (bicyclic) bond motifs is 1. The number of anilines is 2. The zero-order valence-corrected chi connectivity index (χ0v) is 12.9. The molecule has 0 bridgehead atoms. The summed E-state index contributed by atoms with van der Waals surface area (Å²) >= 11 is 9.50. The average Bonchev–Trinajstić information content (AvgIpc) is 2.83. The Hall–Kier alpha value is -1.52. The predicted octanol–water partition coefficient (Wildman–Crippen LogP) is 3.89. The molecule has 1 amide bonds. The number of hydrogen-bond donors (Lipinski definition) is 1. The lowest BCUT2D eigenvalue weighted by Gasteiger charge is -2.18. The summed E-state index contributed by atoms with van der Waals surface area (Å²) in [5.41, 5.74) is 9.02. The third-order valence-electron chi connectivity index (χ3n) is 3.40. The Bertz CT molecular complexity index is 702. The lowest BCUT2D eigenvalue weighted by Crippen LogP contribution is -2.29. The second kappa shape index (κ2) is 5.11. The maximum atomic E-state index is 12.7. The molecule has 5 heteroatoms. The minimum absolute atomic E-state index is 0.0835. The number of rotatable bonds is 1. The highest BCUT2D eigenvalue weighted by Crippen LogP contribution is 2.32. The molecule has 2 aromatic rings. The fraction of sp³-hybridized carbons (Fsp3) is 0.133. The van der Waals surface area contributed by atoms with Gasteiger partial charge in [0, 0.05) is 22.4 Å². The second-order valence-electron chi connectivity index (χ2n) is 4.72. The molecule has 20 heavy (non-hydrogen) atoms. The molecular formula is C15H12BrClN2O. The Kier molecular flexibility index (Phi) is 3.44. The van der Waals surface area contributed by atoms with Crippen molar-refractivity contribution in [1.82, 2.24) is 0 Å². The molecule has 1 aliphatic rings. The van der Waals surface area contributed by atoms with Gasteiger partial charge in [0.05, 0.1) is 10.6 Å². The topological polar surface area (TPSA) is 46.3 Å². The first kappa shape index (κ1) is 13.5. The molecule has 2 N–H and O–H groups in total. The number of nitrogens with two attached hydrogens (primary N) is 1. The molecule has 0 spiro atoms. The Morgan fingerprint density at radius 1 is 1.25 bits per heavy atom. The lowest BCUT2D eigenvalue weighted by molar-refractivity contribution is 0.0989. The summed E-state index contributed by atoms with van der Waals surface area (Å²) in [6.07, 6.45) is 0.817. The van der Waals surface area contributed by atoms with E-state index >= 15 is 0 Å². The number of halogens is 2. The zero-order chi connectivity index (χ0) is 14.3. The van der Waals surface area contributed by atoms with Gasteiger partial charge in [-0.15, -0.1) is 0 Å². The van der Waals surface area contributed by atoms with Crippen molar-refractivity contribution >= 4 is 44.8 Å². The number of nitrogens with zero attached hydrogens (tertiary/aromatic N) is 1. The van der Waals surface area contributed by atoms with Gasteiger partial charge in [-0.3, -0.25) is 4.79 Å². The van der Waals surface area contributed by atoms with Gasteiger partial charge in [-0.2, -0.15) is 0 Å². The molecule has 102 valence electrons. The summed E-state index contributed by atoms with van der Waals surface area (Å²) < 4.78 is 0.835. The fourth-order valence-electron chi connectivity index (χ4n) is 2.44. The summed E-state index contributed by atoms with van der Waals surface area (Å²) in [6.45, 7) is 0.653. The first-order valence-corrected chi connectivity index (χ1v) is 7.38. The molecule has 0 atom stereocenters. The molecule has 0 fully saturated rings. The third-order valence-corrected chi connectivity index (χ3v) is 4.23. The van der Waals surface area contributed by atoms with Gasteiger partial charge in [0.25, 0.3) is 5.91 Å². The smallest absolute Gasteiger partial charge is 0.259 e. The van der Waals surface area contributed by atoms with Crippen LogP contribution in [0.25, 0.3) is 0 Å². The summed E-state index contributed by atoms with van der Waals surface area (Å²) in [6, 6.07) is 10.9. The highest BCUT2D eigenvalue weighted by molar-refractivity contribution is 9.10. The van der Waals surface area contributed by atoms with Gasteiger partial charge in [-0.1, -0.05) is 27.5 Å². The highest BCUT2D eigenvalue weighted by Gasteiger charge is 2.26. The average molecular weight is 352 g/mol. The van der Waals surface area contributed by atoms with Crippen LogP contribution >= 0.6 is 27.5 Å². The number of amides is 1. The van der Waals surface area contributed by atoms with Crippen LogP contribution in [0.2, 0.25) is 5.02 Å². The van der Waals surface area contributed by atoms with E-state index < -0.39 is 0 Å². The Balaban J connectivity index is 2.00. The maximum absolute atomic E-state index is 12.7. The molecule has 1 aliphatic heterocycles. The minimum atomic E-state index is -0.0835. The zero-order valence-electron chi connectivity index (χ0n) is 10.6. The van der Waals surface area contributed by atoms with E-state index in [-0.39, 0.29) is 5.91 Å². The highest BCUT2D eigenvalue weighted by atomic mass is 79.9. The van der Waals surface area contributed by atoms with Gasteiger partial charge in [0.1, 0.15) is 0 Å². The van der Waals surface area contributed by atoms with E-state index in [4.69, 9.17) is 17.3 Å². The number of carbonyl (C=O) groups is 1. The van der Waals surface area contributed by atoms with Crippen LogP contribution < -0.4 is 10.6 Å². The van der Waals surface area contributed by atoms with Crippen molar-refractivity contribution in [2.75, 3.05) is 17.2 Å². The van der Waals surface area contributed by atoms with Gasteiger partial charge in [0.2, 0.25) is 0 Å². The van der Waals surface area contributed by atoms with Gasteiger partial charge in [-0.05, 0) is 48.4 Å². The summed E-state index contributed by atoms with van der Waals surface area (Å²) in [4.78, 5) is 14.4. The SMILES string of the molecule is Nc1ccc2c(c1)CCN2C(=O)c1cc(Br)ccc1Cl. The van der Waals surface area contributed by atoms with E-state index in [0.29, 0.717) is 17.1 Å². The van der Waals surface area contributed by atoms with Crippen LogP contribution in [-0.4, -0.2) is 12.5 Å². The van der Waals surface area contributed by atoms with Crippen molar-refractivity contribution in [3.8, 4) is 0 Å². The van der Waals surface area contributed by atoms with Crippen molar-refractivity contribution in [2.24, 2.45) is 0 Å². The Labute approximate surface area is 130 Å². The quantitative estimate of drug-likeness (QED) is 0.792. The van der Waals surface area contributed by atoms with Crippen molar-refractivity contribution in [3.05, 3.63) is 57.0 Å². The Morgan fingerprint density at radius 2 is 2.05 bits per heavy atom. The van der Waals surface area contributed by atoms with Crippen molar-refractivity contribution in [3.63, 3.8) is 0 Å². The first-order valence-electron chi connectivity index (χ1n) is 6.21. The van der Waals surface area contributed by atoms with Gasteiger partial charge in [-0.25, -0.2) is 0 Å². The van der Waals surface area contributed by atoms with E-state index in [1.807, 2.05) is 24.3 Å². The first-order chi connectivity index (χ1) is 9.56. The molecule has 0 radical (unpaired) electrons. The van der Waals surface area contributed by atoms with E-state index in [2.05, 4.69) is 15.9 Å². The molecule has 0 aliphatic carbocycles. The van der Waals surface area contributed by atoms with Crippen LogP contribution in [0, 0.1) is 0 Å². The standard InChI is InChI=1S/C15H12BrClN2O/c16-10-1-3-13(17)12(8-10)15(20)19-6-5-9-7-11(18)2-4-14(9)19/h1-4,7-8H,5-6,18H2. The minimum Gasteiger partial charge on any atom is -0.399 e. The molecule has 0 saturated heterocycles.